The Morgan fingerprint density at radius 2 is 1.80 bits per heavy atom. The normalized spacial score (nSPS) is 29.8. The Kier molecular flexibility index (Phi) is 5.27. The lowest BCUT2D eigenvalue weighted by Gasteiger charge is -2.39. The predicted octanol–water partition coefficient (Wildman–Crippen LogP) is 2.61. The van der Waals surface area contributed by atoms with Crippen molar-refractivity contribution in [1.29, 1.82) is 0 Å². The maximum Gasteiger partial charge on any atom is 0.226 e. The van der Waals surface area contributed by atoms with E-state index in [-0.39, 0.29) is 0 Å². The molecule has 0 aromatic heterocycles. The largest absolute Gasteiger partial charge is 0.337 e. The van der Waals surface area contributed by atoms with Gasteiger partial charge in [-0.3, -0.25) is 4.79 Å². The Bertz CT molecular complexity index is 326. The molecule has 4 heteroatoms. The zero-order valence-corrected chi connectivity index (χ0v) is 13.4. The van der Waals surface area contributed by atoms with E-state index in [0.29, 0.717) is 17.9 Å². The molecule has 3 nitrogen and oxygen atoms in total. The average Bonchev–Trinajstić information content (AvgIpc) is 2.63. The van der Waals surface area contributed by atoms with Crippen molar-refractivity contribution in [3.8, 4) is 0 Å². The summed E-state index contributed by atoms with van der Waals surface area (Å²) < 4.78 is 0. The van der Waals surface area contributed by atoms with Crippen molar-refractivity contribution in [1.82, 2.24) is 9.80 Å². The van der Waals surface area contributed by atoms with Crippen LogP contribution in [-0.2, 0) is 4.79 Å². The molecule has 0 spiro atoms. The molecule has 2 saturated heterocycles. The molecule has 0 unspecified atom stereocenters. The maximum atomic E-state index is 12.7. The number of rotatable bonds is 3. The van der Waals surface area contributed by atoms with Crippen molar-refractivity contribution >= 4 is 17.7 Å². The number of nitrogens with zero attached hydrogens (tertiary/aromatic N) is 2. The Morgan fingerprint density at radius 1 is 1.00 bits per heavy atom. The topological polar surface area (TPSA) is 23.6 Å². The average molecular weight is 296 g/mol. The lowest BCUT2D eigenvalue weighted by atomic mass is 9.84. The number of thioether (sulfide) groups is 1. The summed E-state index contributed by atoms with van der Waals surface area (Å²) in [4.78, 5) is 17.5. The smallest absolute Gasteiger partial charge is 0.226 e. The van der Waals surface area contributed by atoms with E-state index < -0.39 is 0 Å². The van der Waals surface area contributed by atoms with Gasteiger partial charge in [0.15, 0.2) is 0 Å². The molecule has 2 aliphatic heterocycles. The van der Waals surface area contributed by atoms with Crippen LogP contribution in [0.3, 0.4) is 0 Å². The molecule has 1 atom stereocenters. The molecule has 114 valence electrons. The van der Waals surface area contributed by atoms with Crippen LogP contribution in [-0.4, -0.2) is 59.4 Å². The first-order valence-electron chi connectivity index (χ1n) is 8.45. The molecule has 1 amide bonds. The molecule has 1 aliphatic carbocycles. The van der Waals surface area contributed by atoms with Gasteiger partial charge in [0, 0.05) is 24.8 Å². The highest BCUT2D eigenvalue weighted by Gasteiger charge is 2.34. The van der Waals surface area contributed by atoms with Gasteiger partial charge in [0.2, 0.25) is 5.91 Å². The van der Waals surface area contributed by atoms with Gasteiger partial charge >= 0.3 is 0 Å². The number of piperidine rings is 1. The van der Waals surface area contributed by atoms with Crippen LogP contribution in [0.25, 0.3) is 0 Å². The van der Waals surface area contributed by atoms with Gasteiger partial charge in [-0.25, -0.2) is 0 Å². The van der Waals surface area contributed by atoms with Gasteiger partial charge in [0.1, 0.15) is 0 Å². The molecular formula is C16H28N2OS. The number of likely N-dealkylation sites (tertiary alicyclic amines) is 1. The summed E-state index contributed by atoms with van der Waals surface area (Å²) in [6, 6.07) is 0.466. The van der Waals surface area contributed by atoms with E-state index in [2.05, 4.69) is 21.6 Å². The maximum absolute atomic E-state index is 12.7. The van der Waals surface area contributed by atoms with Gasteiger partial charge in [-0.05, 0) is 50.9 Å². The van der Waals surface area contributed by atoms with E-state index in [9.17, 15) is 4.79 Å². The van der Waals surface area contributed by atoms with E-state index in [1.165, 1.54) is 50.9 Å². The molecule has 0 aromatic carbocycles. The second-order valence-electron chi connectivity index (χ2n) is 6.60. The number of carbonyl (C=O) groups excluding carboxylic acids is 1. The fraction of sp³-hybridized carbons (Fsp3) is 0.938. The fourth-order valence-corrected chi connectivity index (χ4v) is 4.66. The summed E-state index contributed by atoms with van der Waals surface area (Å²) in [6.45, 7) is 4.60. The summed E-state index contributed by atoms with van der Waals surface area (Å²) in [5.41, 5.74) is 0. The highest BCUT2D eigenvalue weighted by molar-refractivity contribution is 7.99. The van der Waals surface area contributed by atoms with Crippen molar-refractivity contribution in [3.05, 3.63) is 0 Å². The highest BCUT2D eigenvalue weighted by Crippen LogP contribution is 2.30. The second kappa shape index (κ2) is 7.17. The van der Waals surface area contributed by atoms with E-state index in [1.807, 2.05) is 0 Å². The number of carbonyl (C=O) groups is 1. The van der Waals surface area contributed by atoms with Gasteiger partial charge < -0.3 is 9.80 Å². The third kappa shape index (κ3) is 3.51. The monoisotopic (exact) mass is 296 g/mol. The minimum Gasteiger partial charge on any atom is -0.337 e. The van der Waals surface area contributed by atoms with Gasteiger partial charge in [0.25, 0.3) is 0 Å². The Hall–Kier alpha value is -0.220. The van der Waals surface area contributed by atoms with Crippen LogP contribution in [0.1, 0.15) is 44.9 Å². The molecule has 0 bridgehead atoms. The number of hydrogen-bond donors (Lipinski definition) is 0. The third-order valence-corrected chi connectivity index (χ3v) is 6.29. The zero-order chi connectivity index (χ0) is 13.8. The SMILES string of the molecule is O=C(C1CCC1)N1CCCSC[C@H]1CN1CCCCC1. The molecular weight excluding hydrogens is 268 g/mol. The summed E-state index contributed by atoms with van der Waals surface area (Å²) >= 11 is 2.05. The van der Waals surface area contributed by atoms with Crippen LogP contribution in [0.15, 0.2) is 0 Å². The third-order valence-electron chi connectivity index (χ3n) is 5.09. The second-order valence-corrected chi connectivity index (χ2v) is 7.75. The molecule has 0 radical (unpaired) electrons. The molecule has 0 aromatic rings. The Morgan fingerprint density at radius 3 is 2.50 bits per heavy atom. The first-order valence-corrected chi connectivity index (χ1v) is 9.60. The van der Waals surface area contributed by atoms with Crippen molar-refractivity contribution < 1.29 is 4.79 Å². The van der Waals surface area contributed by atoms with Crippen LogP contribution >= 0.6 is 11.8 Å². The summed E-state index contributed by atoms with van der Waals surface area (Å²) in [5, 5.41) is 0. The van der Waals surface area contributed by atoms with Gasteiger partial charge in [-0.2, -0.15) is 11.8 Å². The van der Waals surface area contributed by atoms with Crippen molar-refractivity contribution in [2.45, 2.75) is 51.0 Å². The number of hydrogen-bond acceptors (Lipinski definition) is 3. The summed E-state index contributed by atoms with van der Waals surface area (Å²) in [5.74, 6) is 3.21. The van der Waals surface area contributed by atoms with Crippen LogP contribution in [0.2, 0.25) is 0 Å². The summed E-state index contributed by atoms with van der Waals surface area (Å²) in [7, 11) is 0. The first-order chi connectivity index (χ1) is 9.84. The lowest BCUT2D eigenvalue weighted by Crippen LogP contribution is -2.51. The molecule has 3 fully saturated rings. The molecule has 1 saturated carbocycles. The van der Waals surface area contributed by atoms with Gasteiger partial charge in [0.05, 0.1) is 6.04 Å². The minimum absolute atomic E-state index is 0.363. The Labute approximate surface area is 127 Å². The van der Waals surface area contributed by atoms with Crippen LogP contribution in [0.4, 0.5) is 0 Å². The van der Waals surface area contributed by atoms with E-state index in [4.69, 9.17) is 0 Å². The molecule has 20 heavy (non-hydrogen) atoms. The van der Waals surface area contributed by atoms with E-state index in [1.54, 1.807) is 0 Å². The predicted molar refractivity (Wildman–Crippen MR) is 85.1 cm³/mol. The summed E-state index contributed by atoms with van der Waals surface area (Å²) in [6.07, 6.45) is 8.79. The number of amides is 1. The van der Waals surface area contributed by atoms with Crippen molar-refractivity contribution in [3.63, 3.8) is 0 Å². The molecule has 3 aliphatic rings. The Balaban J connectivity index is 1.61. The molecule has 3 rings (SSSR count). The molecule has 2 heterocycles. The quantitative estimate of drug-likeness (QED) is 0.800. The molecule has 0 N–H and O–H groups in total. The van der Waals surface area contributed by atoms with Gasteiger partial charge in [-0.15, -0.1) is 0 Å². The van der Waals surface area contributed by atoms with Crippen LogP contribution < -0.4 is 0 Å². The van der Waals surface area contributed by atoms with Crippen LogP contribution in [0, 0.1) is 5.92 Å². The van der Waals surface area contributed by atoms with E-state index in [0.717, 1.165) is 31.7 Å². The van der Waals surface area contributed by atoms with Crippen LogP contribution in [0.5, 0.6) is 0 Å². The zero-order valence-electron chi connectivity index (χ0n) is 12.6. The first kappa shape index (κ1) is 14.7. The highest BCUT2D eigenvalue weighted by atomic mass is 32.2. The lowest BCUT2D eigenvalue weighted by molar-refractivity contribution is -0.140. The van der Waals surface area contributed by atoms with E-state index >= 15 is 0 Å². The fourth-order valence-electron chi connectivity index (χ4n) is 3.60. The minimum atomic E-state index is 0.363. The van der Waals surface area contributed by atoms with Gasteiger partial charge in [-0.1, -0.05) is 12.8 Å². The standard InChI is InChI=1S/C16H28N2OS/c19-16(14-6-4-7-14)18-10-5-11-20-13-15(18)12-17-8-2-1-3-9-17/h14-15H,1-13H2/t15-/m1/s1. The van der Waals surface area contributed by atoms with Crippen molar-refractivity contribution in [2.75, 3.05) is 37.7 Å². The van der Waals surface area contributed by atoms with Crippen molar-refractivity contribution in [2.24, 2.45) is 5.92 Å².